The second-order valence-corrected chi connectivity index (χ2v) is 7.49. The quantitative estimate of drug-likeness (QED) is 0.630. The number of hydrogen-bond acceptors (Lipinski definition) is 1. The van der Waals surface area contributed by atoms with E-state index in [9.17, 15) is 0 Å². The smallest absolute Gasteiger partial charge is 0.255 e. The van der Waals surface area contributed by atoms with E-state index in [0.717, 1.165) is 6.54 Å². The van der Waals surface area contributed by atoms with Crippen molar-refractivity contribution in [2.75, 3.05) is 0 Å². The molecule has 3 aliphatic rings. The van der Waals surface area contributed by atoms with Gasteiger partial charge in [-0.1, -0.05) is 38.1 Å². The van der Waals surface area contributed by atoms with Gasteiger partial charge < -0.3 is 0 Å². The molecular weight excluding hydrogens is 306 g/mol. The van der Waals surface area contributed by atoms with Gasteiger partial charge >= 0.3 is 6.17 Å². The lowest BCUT2D eigenvalue weighted by molar-refractivity contribution is 0.437. The molecule has 0 radical (unpaired) electrons. The van der Waals surface area contributed by atoms with Crippen molar-refractivity contribution in [1.82, 2.24) is 14.1 Å². The molecule has 1 atom stereocenters. The predicted octanol–water partition coefficient (Wildman–Crippen LogP) is 2.73. The number of pyridine rings is 1. The molecule has 0 amide bonds. The molecule has 0 fully saturated rings. The first-order chi connectivity index (χ1) is 12.3. The van der Waals surface area contributed by atoms with Crippen LogP contribution in [0.3, 0.4) is 0 Å². The van der Waals surface area contributed by atoms with Crippen molar-refractivity contribution in [2.24, 2.45) is 0 Å². The van der Waals surface area contributed by atoms with Crippen LogP contribution < -0.4 is 19.9 Å². The van der Waals surface area contributed by atoms with Crippen LogP contribution in [0.5, 0.6) is 0 Å². The van der Waals surface area contributed by atoms with E-state index in [1.165, 1.54) is 44.3 Å². The van der Waals surface area contributed by atoms with Gasteiger partial charge in [-0.3, -0.25) is 4.98 Å². The molecule has 0 N–H and O–H groups in total. The van der Waals surface area contributed by atoms with Crippen molar-refractivity contribution in [3.8, 4) is 11.3 Å². The number of fused-ring (bicyclic) bond motifs is 4. The predicted molar refractivity (Wildman–Crippen MR) is 98.0 cm³/mol. The summed E-state index contributed by atoms with van der Waals surface area (Å²) in [7, 11) is 0. The first-order valence-corrected chi connectivity index (χ1v) is 9.01. The molecule has 0 saturated heterocycles. The lowest BCUT2D eigenvalue weighted by Crippen LogP contribution is -2.34. The second kappa shape index (κ2) is 4.42. The minimum atomic E-state index is 0.256. The van der Waals surface area contributed by atoms with Gasteiger partial charge in [-0.05, 0) is 17.5 Å². The van der Waals surface area contributed by atoms with Crippen molar-refractivity contribution < 1.29 is 0 Å². The van der Waals surface area contributed by atoms with Crippen molar-refractivity contribution in [3.05, 3.63) is 82.1 Å². The van der Waals surface area contributed by atoms with Gasteiger partial charge in [0.2, 0.25) is 5.69 Å². The van der Waals surface area contributed by atoms with Crippen LogP contribution >= 0.6 is 0 Å². The van der Waals surface area contributed by atoms with Gasteiger partial charge in [0.05, 0.1) is 11.3 Å². The molecule has 4 heterocycles. The highest BCUT2D eigenvalue weighted by atomic mass is 15.3. The Bertz CT molecular complexity index is 1200. The highest BCUT2D eigenvalue weighted by Crippen LogP contribution is 2.48. The Kier molecular flexibility index (Phi) is 2.38. The monoisotopic (exact) mass is 325 g/mol. The highest BCUT2D eigenvalue weighted by Gasteiger charge is 2.54. The minimum absolute atomic E-state index is 0.256. The summed E-state index contributed by atoms with van der Waals surface area (Å²) >= 11 is 0. The summed E-state index contributed by atoms with van der Waals surface area (Å²) in [6, 6.07) is 17.7. The molecule has 0 saturated carbocycles. The summed E-state index contributed by atoms with van der Waals surface area (Å²) in [5, 5.41) is 2.65. The van der Waals surface area contributed by atoms with Crippen LogP contribution in [0.25, 0.3) is 11.3 Å². The third kappa shape index (κ3) is 1.50. The van der Waals surface area contributed by atoms with Crippen LogP contribution in [0, 0.1) is 0 Å². The topological polar surface area (TPSA) is 18.9 Å². The maximum Gasteiger partial charge on any atom is 0.379 e. The summed E-state index contributed by atoms with van der Waals surface area (Å²) in [6.45, 7) is 5.51. The van der Waals surface area contributed by atoms with E-state index in [-0.39, 0.29) is 6.17 Å². The summed E-state index contributed by atoms with van der Waals surface area (Å²) in [6.07, 6.45) is 2.24. The number of hydrogen-bond donors (Lipinski definition) is 0. The van der Waals surface area contributed by atoms with Gasteiger partial charge in [0, 0.05) is 30.0 Å². The van der Waals surface area contributed by atoms with E-state index >= 15 is 0 Å². The van der Waals surface area contributed by atoms with Crippen LogP contribution in [0.1, 0.15) is 42.6 Å². The molecule has 3 aromatic rings. The molecule has 6 rings (SSSR count). The Labute approximate surface area is 146 Å². The number of nitrogens with zero attached hydrogens (tertiary/aromatic N) is 3. The molecule has 3 nitrogen and oxygen atoms in total. The highest BCUT2D eigenvalue weighted by molar-refractivity contribution is 5.83. The first kappa shape index (κ1) is 13.5. The fourth-order valence-corrected chi connectivity index (χ4v) is 4.85. The average Bonchev–Trinajstić information content (AvgIpc) is 3.16. The summed E-state index contributed by atoms with van der Waals surface area (Å²) in [5.41, 5.74) is 8.01. The molecule has 0 bridgehead atoms. The van der Waals surface area contributed by atoms with Gasteiger partial charge in [-0.2, -0.15) is 4.58 Å². The van der Waals surface area contributed by atoms with E-state index in [1.54, 1.807) is 0 Å². The Balaban J connectivity index is 1.88. The molecule has 3 aliphatic heterocycles. The first-order valence-electron chi connectivity index (χ1n) is 9.01. The van der Waals surface area contributed by atoms with Crippen LogP contribution in [0.2, 0.25) is 0 Å². The summed E-state index contributed by atoms with van der Waals surface area (Å²) in [5.74, 6) is 0.472. The zero-order chi connectivity index (χ0) is 16.7. The molecule has 0 aliphatic carbocycles. The van der Waals surface area contributed by atoms with Crippen molar-refractivity contribution in [2.45, 2.75) is 32.5 Å². The summed E-state index contributed by atoms with van der Waals surface area (Å²) < 4.78 is 5.05. The normalized spacial score (nSPS) is 18.4. The van der Waals surface area contributed by atoms with Crippen molar-refractivity contribution >= 4 is 5.69 Å². The van der Waals surface area contributed by atoms with Crippen molar-refractivity contribution in [1.29, 1.82) is 0 Å². The molecular formula is C22H19N3+2. The van der Waals surface area contributed by atoms with E-state index in [1.807, 2.05) is 6.20 Å². The van der Waals surface area contributed by atoms with E-state index in [2.05, 4.69) is 71.5 Å². The van der Waals surface area contributed by atoms with E-state index < -0.39 is 0 Å². The number of benzene rings is 2. The third-order valence-electron chi connectivity index (χ3n) is 5.86. The van der Waals surface area contributed by atoms with Gasteiger partial charge in [-0.15, -0.1) is 4.58 Å². The fraction of sp³-hybridized carbons (Fsp3) is 0.227. The molecule has 1 aromatic heterocycles. The SMILES string of the molecule is CC(C)c1cccc2c1-c1nccc3c1C1[N+](=c4ccccc4=[N+]21)C3. The van der Waals surface area contributed by atoms with Crippen LogP contribution in [-0.4, -0.2) is 4.98 Å². The Hall–Kier alpha value is -2.81. The zero-order valence-electron chi connectivity index (χ0n) is 14.4. The van der Waals surface area contributed by atoms with Crippen LogP contribution in [-0.2, 0) is 6.54 Å². The maximum absolute atomic E-state index is 4.86. The Morgan fingerprint density at radius 2 is 1.84 bits per heavy atom. The average molecular weight is 325 g/mol. The third-order valence-corrected chi connectivity index (χ3v) is 5.86. The van der Waals surface area contributed by atoms with Gasteiger partial charge in [-0.25, -0.2) is 0 Å². The minimum Gasteiger partial charge on any atom is -0.255 e. The maximum atomic E-state index is 4.86. The number of para-hydroxylation sites is 2. The zero-order valence-corrected chi connectivity index (χ0v) is 14.4. The van der Waals surface area contributed by atoms with Crippen LogP contribution in [0.15, 0.2) is 54.7 Å². The lowest BCUT2D eigenvalue weighted by atomic mass is 9.88. The Morgan fingerprint density at radius 1 is 1.00 bits per heavy atom. The second-order valence-electron chi connectivity index (χ2n) is 7.49. The Morgan fingerprint density at radius 3 is 2.68 bits per heavy atom. The largest absolute Gasteiger partial charge is 0.379 e. The molecule has 120 valence electrons. The van der Waals surface area contributed by atoms with E-state index in [0.29, 0.717) is 5.92 Å². The summed E-state index contributed by atoms with van der Waals surface area (Å²) in [4.78, 5) is 4.86. The number of aromatic nitrogens is 1. The van der Waals surface area contributed by atoms with E-state index in [4.69, 9.17) is 4.98 Å². The molecule has 0 spiro atoms. The fourth-order valence-electron chi connectivity index (χ4n) is 4.85. The van der Waals surface area contributed by atoms with Crippen molar-refractivity contribution in [3.63, 3.8) is 0 Å². The molecule has 1 unspecified atom stereocenters. The number of rotatable bonds is 1. The van der Waals surface area contributed by atoms with Crippen LogP contribution in [0.4, 0.5) is 5.69 Å². The lowest BCUT2D eigenvalue weighted by Gasteiger charge is -2.20. The molecule has 2 aromatic carbocycles. The standard InChI is InChI=1S/C22H19N3/c1-13(2)15-6-5-9-18-20(15)21-19-14(10-11-23-21)12-24-16-7-3-4-8-17(16)25(18)22(19)24/h3-11,13,22H,12H2,1-2H3/q+2. The van der Waals surface area contributed by atoms with Gasteiger partial charge in [0.1, 0.15) is 5.56 Å². The van der Waals surface area contributed by atoms with Gasteiger partial charge in [0.15, 0.2) is 6.54 Å². The van der Waals surface area contributed by atoms with Gasteiger partial charge in [0.25, 0.3) is 10.7 Å². The molecule has 3 heteroatoms. The molecule has 25 heavy (non-hydrogen) atoms.